The van der Waals surface area contributed by atoms with Crippen LogP contribution < -0.4 is 4.90 Å². The lowest BCUT2D eigenvalue weighted by atomic mass is 9.99. The van der Waals surface area contributed by atoms with Gasteiger partial charge in [-0.15, -0.1) is 10.2 Å². The molecule has 0 unspecified atom stereocenters. The molecule has 1 aromatic carbocycles. The molecule has 1 aliphatic heterocycles. The van der Waals surface area contributed by atoms with Crippen molar-refractivity contribution in [2.75, 3.05) is 18.0 Å². The van der Waals surface area contributed by atoms with Crippen LogP contribution in [0.3, 0.4) is 0 Å². The van der Waals surface area contributed by atoms with E-state index in [0.29, 0.717) is 5.15 Å². The molecule has 1 aliphatic rings. The van der Waals surface area contributed by atoms with Gasteiger partial charge in [0.15, 0.2) is 11.0 Å². The van der Waals surface area contributed by atoms with Crippen LogP contribution in [0.1, 0.15) is 19.8 Å². The standard InChI is InChI=1S/C14H16ClN3/c1-10-6-8-18(9-7-10)14-12-5-3-2-4-11(12)13(15)16-17-14/h2-5,10H,6-9H2,1H3. The summed E-state index contributed by atoms with van der Waals surface area (Å²) in [6, 6.07) is 8.08. The largest absolute Gasteiger partial charge is 0.355 e. The van der Waals surface area contributed by atoms with Gasteiger partial charge in [-0.2, -0.15) is 0 Å². The zero-order valence-electron chi connectivity index (χ0n) is 10.4. The van der Waals surface area contributed by atoms with Gasteiger partial charge in [-0.25, -0.2) is 0 Å². The molecule has 0 radical (unpaired) electrons. The predicted octanol–water partition coefficient (Wildman–Crippen LogP) is 3.52. The molecule has 2 aromatic rings. The third-order valence-electron chi connectivity index (χ3n) is 3.71. The lowest BCUT2D eigenvalue weighted by Gasteiger charge is -2.31. The fourth-order valence-electron chi connectivity index (χ4n) is 2.51. The Morgan fingerprint density at radius 2 is 1.78 bits per heavy atom. The smallest absolute Gasteiger partial charge is 0.159 e. The Morgan fingerprint density at radius 3 is 2.50 bits per heavy atom. The number of fused-ring (bicyclic) bond motifs is 1. The van der Waals surface area contributed by atoms with Crippen molar-refractivity contribution in [1.82, 2.24) is 10.2 Å². The fourth-order valence-corrected chi connectivity index (χ4v) is 2.71. The van der Waals surface area contributed by atoms with Crippen LogP contribution in [0.2, 0.25) is 5.15 Å². The van der Waals surface area contributed by atoms with Gasteiger partial charge in [0.25, 0.3) is 0 Å². The molecule has 0 aliphatic carbocycles. The van der Waals surface area contributed by atoms with E-state index in [9.17, 15) is 0 Å². The lowest BCUT2D eigenvalue weighted by molar-refractivity contribution is 0.436. The van der Waals surface area contributed by atoms with Gasteiger partial charge in [0.05, 0.1) is 0 Å². The summed E-state index contributed by atoms with van der Waals surface area (Å²) in [6.45, 7) is 4.42. The molecule has 4 heteroatoms. The van der Waals surface area contributed by atoms with Gasteiger partial charge in [0.2, 0.25) is 0 Å². The van der Waals surface area contributed by atoms with E-state index in [1.807, 2.05) is 18.2 Å². The summed E-state index contributed by atoms with van der Waals surface area (Å²) < 4.78 is 0. The minimum absolute atomic E-state index is 0.486. The summed E-state index contributed by atoms with van der Waals surface area (Å²) in [7, 11) is 0. The summed E-state index contributed by atoms with van der Waals surface area (Å²) in [5.41, 5.74) is 0. The van der Waals surface area contributed by atoms with Gasteiger partial charge in [-0.05, 0) is 18.8 Å². The van der Waals surface area contributed by atoms with Crippen molar-refractivity contribution in [2.45, 2.75) is 19.8 Å². The number of anilines is 1. The molecule has 94 valence electrons. The van der Waals surface area contributed by atoms with Crippen molar-refractivity contribution in [2.24, 2.45) is 5.92 Å². The summed E-state index contributed by atoms with van der Waals surface area (Å²) in [5.74, 6) is 1.79. The molecular weight excluding hydrogens is 246 g/mol. The average molecular weight is 262 g/mol. The van der Waals surface area contributed by atoms with Crippen molar-refractivity contribution in [3.05, 3.63) is 29.4 Å². The Kier molecular flexibility index (Phi) is 3.08. The fraction of sp³-hybridized carbons (Fsp3) is 0.429. The Labute approximate surface area is 112 Å². The van der Waals surface area contributed by atoms with E-state index in [1.54, 1.807) is 0 Å². The molecular formula is C14H16ClN3. The Hall–Kier alpha value is -1.35. The van der Waals surface area contributed by atoms with E-state index in [1.165, 1.54) is 12.8 Å². The molecule has 0 N–H and O–H groups in total. The van der Waals surface area contributed by atoms with E-state index in [4.69, 9.17) is 11.6 Å². The van der Waals surface area contributed by atoms with Crippen molar-refractivity contribution in [1.29, 1.82) is 0 Å². The van der Waals surface area contributed by atoms with E-state index in [0.717, 1.165) is 35.6 Å². The molecule has 0 amide bonds. The maximum Gasteiger partial charge on any atom is 0.159 e. The monoisotopic (exact) mass is 261 g/mol. The van der Waals surface area contributed by atoms with Gasteiger partial charge >= 0.3 is 0 Å². The molecule has 0 atom stereocenters. The van der Waals surface area contributed by atoms with Gasteiger partial charge in [-0.1, -0.05) is 42.8 Å². The second-order valence-electron chi connectivity index (χ2n) is 5.03. The summed E-state index contributed by atoms with van der Waals surface area (Å²) in [5, 5.41) is 11.0. The lowest BCUT2D eigenvalue weighted by Crippen LogP contribution is -2.33. The van der Waals surface area contributed by atoms with Crippen molar-refractivity contribution >= 4 is 28.2 Å². The highest BCUT2D eigenvalue weighted by Crippen LogP contribution is 2.30. The molecule has 2 heterocycles. The molecule has 0 spiro atoms. The van der Waals surface area contributed by atoms with E-state index >= 15 is 0 Å². The number of halogens is 1. The Bertz CT molecular complexity index is 562. The molecule has 3 nitrogen and oxygen atoms in total. The topological polar surface area (TPSA) is 29.0 Å². The molecule has 1 aromatic heterocycles. The first-order valence-electron chi connectivity index (χ1n) is 6.41. The number of benzene rings is 1. The van der Waals surface area contributed by atoms with Crippen LogP contribution in [-0.4, -0.2) is 23.3 Å². The summed E-state index contributed by atoms with van der Waals surface area (Å²) >= 11 is 6.10. The zero-order valence-corrected chi connectivity index (χ0v) is 11.2. The van der Waals surface area contributed by atoms with Gasteiger partial charge in [0.1, 0.15) is 0 Å². The van der Waals surface area contributed by atoms with Crippen LogP contribution in [0, 0.1) is 5.92 Å². The van der Waals surface area contributed by atoms with Crippen LogP contribution in [0.4, 0.5) is 5.82 Å². The maximum atomic E-state index is 6.10. The minimum Gasteiger partial charge on any atom is -0.355 e. The highest BCUT2D eigenvalue weighted by atomic mass is 35.5. The summed E-state index contributed by atoms with van der Waals surface area (Å²) in [4.78, 5) is 2.33. The van der Waals surface area contributed by atoms with Crippen molar-refractivity contribution in [3.8, 4) is 0 Å². The highest BCUT2D eigenvalue weighted by Gasteiger charge is 2.19. The number of nitrogens with zero attached hydrogens (tertiary/aromatic N) is 3. The highest BCUT2D eigenvalue weighted by molar-refractivity contribution is 6.34. The number of hydrogen-bond acceptors (Lipinski definition) is 3. The molecule has 18 heavy (non-hydrogen) atoms. The number of hydrogen-bond donors (Lipinski definition) is 0. The quantitative estimate of drug-likeness (QED) is 0.787. The van der Waals surface area contributed by atoms with Crippen LogP contribution in [-0.2, 0) is 0 Å². The first-order chi connectivity index (χ1) is 8.75. The Balaban J connectivity index is 2.04. The predicted molar refractivity (Wildman–Crippen MR) is 75.2 cm³/mol. The number of aromatic nitrogens is 2. The number of rotatable bonds is 1. The number of piperidine rings is 1. The van der Waals surface area contributed by atoms with Crippen LogP contribution in [0.15, 0.2) is 24.3 Å². The third kappa shape index (κ3) is 2.03. The zero-order chi connectivity index (χ0) is 12.5. The first kappa shape index (κ1) is 11.7. The van der Waals surface area contributed by atoms with Crippen LogP contribution >= 0.6 is 11.6 Å². The molecule has 0 bridgehead atoms. The van der Waals surface area contributed by atoms with Crippen molar-refractivity contribution in [3.63, 3.8) is 0 Å². The first-order valence-corrected chi connectivity index (χ1v) is 6.79. The average Bonchev–Trinajstić information content (AvgIpc) is 2.41. The van der Waals surface area contributed by atoms with Gasteiger partial charge < -0.3 is 4.90 Å². The maximum absolute atomic E-state index is 6.10. The van der Waals surface area contributed by atoms with E-state index in [2.05, 4.69) is 28.1 Å². The van der Waals surface area contributed by atoms with Gasteiger partial charge in [-0.3, -0.25) is 0 Å². The van der Waals surface area contributed by atoms with Gasteiger partial charge in [0, 0.05) is 23.9 Å². The summed E-state index contributed by atoms with van der Waals surface area (Å²) in [6.07, 6.45) is 2.44. The second kappa shape index (κ2) is 4.73. The molecule has 1 saturated heterocycles. The normalized spacial score (nSPS) is 17.3. The van der Waals surface area contributed by atoms with Crippen LogP contribution in [0.25, 0.3) is 10.8 Å². The van der Waals surface area contributed by atoms with E-state index in [-0.39, 0.29) is 0 Å². The SMILES string of the molecule is CC1CCN(c2nnc(Cl)c3ccccc23)CC1. The molecule has 0 saturated carbocycles. The Morgan fingerprint density at radius 1 is 1.11 bits per heavy atom. The third-order valence-corrected chi connectivity index (χ3v) is 3.99. The molecule has 1 fully saturated rings. The van der Waals surface area contributed by atoms with Crippen molar-refractivity contribution < 1.29 is 0 Å². The van der Waals surface area contributed by atoms with Crippen LogP contribution in [0.5, 0.6) is 0 Å². The second-order valence-corrected chi connectivity index (χ2v) is 5.39. The minimum atomic E-state index is 0.486. The molecule has 3 rings (SSSR count). The van der Waals surface area contributed by atoms with E-state index < -0.39 is 0 Å².